The van der Waals surface area contributed by atoms with Crippen LogP contribution in [0.2, 0.25) is 0 Å². The third kappa shape index (κ3) is 3.42. The van der Waals surface area contributed by atoms with E-state index in [2.05, 4.69) is 38.5 Å². The van der Waals surface area contributed by atoms with Crippen molar-refractivity contribution in [2.45, 2.75) is 38.5 Å². The normalized spacial score (nSPS) is 19.9. The second-order valence-corrected chi connectivity index (χ2v) is 7.01. The van der Waals surface area contributed by atoms with Crippen LogP contribution in [0.3, 0.4) is 0 Å². The molecule has 26 heavy (non-hydrogen) atoms. The van der Waals surface area contributed by atoms with Crippen molar-refractivity contribution in [2.24, 2.45) is 0 Å². The molecule has 1 unspecified atom stereocenters. The molecule has 7 heteroatoms. The predicted molar refractivity (Wildman–Crippen MR) is 98.4 cm³/mol. The van der Waals surface area contributed by atoms with Crippen molar-refractivity contribution in [3.8, 4) is 5.75 Å². The molecule has 0 radical (unpaired) electrons. The third-order valence-electron chi connectivity index (χ3n) is 4.87. The minimum Gasteiger partial charge on any atom is -0.490 e. The van der Waals surface area contributed by atoms with Crippen molar-refractivity contribution in [2.75, 3.05) is 18.0 Å². The number of hydrogen-bond donors (Lipinski definition) is 2. The maximum atomic E-state index is 12.3. The van der Waals surface area contributed by atoms with Gasteiger partial charge in [0.15, 0.2) is 0 Å². The first-order chi connectivity index (χ1) is 12.6. The highest BCUT2D eigenvalue weighted by atomic mass is 16.5. The van der Waals surface area contributed by atoms with Gasteiger partial charge in [0.1, 0.15) is 24.0 Å². The van der Waals surface area contributed by atoms with Crippen molar-refractivity contribution in [3.05, 3.63) is 47.9 Å². The monoisotopic (exact) mass is 353 g/mol. The third-order valence-corrected chi connectivity index (χ3v) is 4.87. The Morgan fingerprint density at radius 3 is 2.96 bits per heavy atom. The van der Waals surface area contributed by atoms with Gasteiger partial charge in [-0.1, -0.05) is 6.07 Å². The van der Waals surface area contributed by atoms with Crippen LogP contribution in [0.25, 0.3) is 0 Å². The molecule has 4 rings (SSSR count). The van der Waals surface area contributed by atoms with Crippen molar-refractivity contribution >= 4 is 11.8 Å². The fourth-order valence-corrected chi connectivity index (χ4v) is 3.45. The highest BCUT2D eigenvalue weighted by molar-refractivity contribution is 5.75. The molecule has 2 amide bonds. The van der Waals surface area contributed by atoms with E-state index in [4.69, 9.17) is 4.74 Å². The quantitative estimate of drug-likeness (QED) is 0.879. The molecular weight excluding hydrogens is 330 g/mol. The zero-order valence-electron chi connectivity index (χ0n) is 15.0. The minimum absolute atomic E-state index is 0.0609. The highest BCUT2D eigenvalue weighted by Crippen LogP contribution is 2.31. The average molecular weight is 353 g/mol. The summed E-state index contributed by atoms with van der Waals surface area (Å²) in [6.45, 7) is 5.58. The Hall–Kier alpha value is -2.83. The second-order valence-electron chi connectivity index (χ2n) is 7.01. The largest absolute Gasteiger partial charge is 0.490 e. The first-order valence-corrected chi connectivity index (χ1v) is 8.96. The molecule has 2 atom stereocenters. The molecule has 1 aromatic carbocycles. The molecule has 2 aliphatic rings. The van der Waals surface area contributed by atoms with Gasteiger partial charge in [-0.25, -0.2) is 14.8 Å². The molecule has 1 fully saturated rings. The van der Waals surface area contributed by atoms with Gasteiger partial charge in [-0.2, -0.15) is 0 Å². The maximum Gasteiger partial charge on any atom is 0.315 e. The predicted octanol–water partition coefficient (Wildman–Crippen LogP) is 2.05. The van der Waals surface area contributed by atoms with Crippen LogP contribution in [0.1, 0.15) is 31.0 Å². The lowest BCUT2D eigenvalue weighted by molar-refractivity contribution is 0.231. The lowest BCUT2D eigenvalue weighted by atomic mass is 10.0. The van der Waals surface area contributed by atoms with Crippen LogP contribution < -0.4 is 20.3 Å². The molecule has 0 saturated carbocycles. The summed E-state index contributed by atoms with van der Waals surface area (Å²) >= 11 is 0. The Balaban J connectivity index is 1.27. The molecule has 0 bridgehead atoms. The molecular formula is C19H23N5O2. The van der Waals surface area contributed by atoms with E-state index in [1.165, 1.54) is 11.9 Å². The fraction of sp³-hybridized carbons (Fsp3) is 0.421. The Bertz CT molecular complexity index is 792. The van der Waals surface area contributed by atoms with Crippen molar-refractivity contribution in [1.82, 2.24) is 20.6 Å². The van der Waals surface area contributed by atoms with Crippen LogP contribution in [-0.2, 0) is 6.42 Å². The van der Waals surface area contributed by atoms with Gasteiger partial charge in [0.25, 0.3) is 0 Å². The van der Waals surface area contributed by atoms with Crippen molar-refractivity contribution in [1.29, 1.82) is 0 Å². The van der Waals surface area contributed by atoms with Crippen LogP contribution in [0.5, 0.6) is 5.75 Å². The summed E-state index contributed by atoms with van der Waals surface area (Å²) in [5.74, 6) is 1.85. The Kier molecular flexibility index (Phi) is 4.36. The number of carbonyl (C=O) groups is 1. The number of hydrogen-bond acceptors (Lipinski definition) is 5. The first-order valence-electron chi connectivity index (χ1n) is 8.96. The number of amides is 2. The first kappa shape index (κ1) is 16.6. The van der Waals surface area contributed by atoms with Crippen molar-refractivity contribution in [3.63, 3.8) is 0 Å². The molecule has 0 spiro atoms. The van der Waals surface area contributed by atoms with Gasteiger partial charge < -0.3 is 20.3 Å². The van der Waals surface area contributed by atoms with Gasteiger partial charge in [-0.05, 0) is 43.2 Å². The van der Waals surface area contributed by atoms with Crippen LogP contribution in [0.15, 0.2) is 36.8 Å². The lowest BCUT2D eigenvalue weighted by Gasteiger charge is -2.40. The van der Waals surface area contributed by atoms with E-state index in [1.807, 2.05) is 25.1 Å². The van der Waals surface area contributed by atoms with Crippen molar-refractivity contribution < 1.29 is 9.53 Å². The van der Waals surface area contributed by atoms with E-state index in [0.29, 0.717) is 0 Å². The molecule has 1 saturated heterocycles. The van der Waals surface area contributed by atoms with Gasteiger partial charge in [-0.15, -0.1) is 0 Å². The summed E-state index contributed by atoms with van der Waals surface area (Å²) in [6, 6.07) is 7.94. The summed E-state index contributed by atoms with van der Waals surface area (Å²) in [5, 5.41) is 6.03. The van der Waals surface area contributed by atoms with Crippen LogP contribution in [0, 0.1) is 0 Å². The number of nitrogens with zero attached hydrogens (tertiary/aromatic N) is 3. The lowest BCUT2D eigenvalue weighted by Crippen LogP contribution is -2.61. The number of urea groups is 1. The van der Waals surface area contributed by atoms with Gasteiger partial charge in [0, 0.05) is 25.7 Å². The molecule has 7 nitrogen and oxygen atoms in total. The number of carbonyl (C=O) groups excluding carboxylic acids is 1. The van der Waals surface area contributed by atoms with Crippen LogP contribution in [0.4, 0.5) is 10.6 Å². The highest BCUT2D eigenvalue weighted by Gasteiger charge is 2.29. The fourth-order valence-electron chi connectivity index (χ4n) is 3.45. The van der Waals surface area contributed by atoms with E-state index in [1.54, 1.807) is 6.20 Å². The minimum atomic E-state index is -0.144. The molecule has 2 aliphatic heterocycles. The summed E-state index contributed by atoms with van der Waals surface area (Å²) in [4.78, 5) is 22.5. The Morgan fingerprint density at radius 2 is 2.19 bits per heavy atom. The smallest absolute Gasteiger partial charge is 0.315 e. The van der Waals surface area contributed by atoms with E-state index in [0.717, 1.165) is 36.6 Å². The molecule has 2 N–H and O–H groups in total. The Morgan fingerprint density at radius 1 is 1.35 bits per heavy atom. The zero-order valence-corrected chi connectivity index (χ0v) is 15.0. The zero-order chi connectivity index (χ0) is 18.1. The van der Waals surface area contributed by atoms with E-state index in [9.17, 15) is 4.79 Å². The number of benzene rings is 1. The average Bonchev–Trinajstić information content (AvgIpc) is 2.97. The van der Waals surface area contributed by atoms with E-state index in [-0.39, 0.29) is 24.2 Å². The number of aromatic nitrogens is 2. The Labute approximate surface area is 152 Å². The van der Waals surface area contributed by atoms with Crippen LogP contribution >= 0.6 is 0 Å². The number of ether oxygens (including phenoxy) is 1. The molecule has 0 aliphatic carbocycles. The maximum absolute atomic E-state index is 12.3. The summed E-state index contributed by atoms with van der Waals surface area (Å²) < 4.78 is 5.73. The molecule has 136 valence electrons. The molecule has 2 aromatic rings. The molecule has 3 heterocycles. The second kappa shape index (κ2) is 6.82. The summed E-state index contributed by atoms with van der Waals surface area (Å²) in [6.07, 6.45) is 4.40. The number of fused-ring (bicyclic) bond motifs is 1. The summed E-state index contributed by atoms with van der Waals surface area (Å²) in [5.41, 5.74) is 2.30. The van der Waals surface area contributed by atoms with Crippen LogP contribution in [-0.4, -0.2) is 41.2 Å². The number of anilines is 1. The van der Waals surface area contributed by atoms with E-state index < -0.39 is 0 Å². The number of nitrogens with one attached hydrogen (secondary N) is 2. The topological polar surface area (TPSA) is 79.4 Å². The van der Waals surface area contributed by atoms with E-state index >= 15 is 0 Å². The van der Waals surface area contributed by atoms with Gasteiger partial charge >= 0.3 is 6.03 Å². The summed E-state index contributed by atoms with van der Waals surface area (Å²) in [7, 11) is 0. The standard InChI is InChI=1S/C19H23N5O2/c1-12-7-15-8-14(3-4-17(15)26-12)13(2)22-19(25)23-16-9-24(10-16)18-5-6-20-11-21-18/h3-6,8,11-13,16H,7,9-10H2,1-2H3,(H2,22,23,25)/t12?,13-/m0/s1. The van der Waals surface area contributed by atoms with Gasteiger partial charge in [0.05, 0.1) is 12.1 Å². The van der Waals surface area contributed by atoms with Gasteiger partial charge in [-0.3, -0.25) is 0 Å². The molecule has 1 aromatic heterocycles. The van der Waals surface area contributed by atoms with Gasteiger partial charge in [0.2, 0.25) is 0 Å². The SMILES string of the molecule is CC1Cc2cc([C@H](C)NC(=O)NC3CN(c4ccncn4)C3)ccc2O1. The number of rotatable bonds is 4.